The Morgan fingerprint density at radius 3 is 2.64 bits per heavy atom. The third kappa shape index (κ3) is 3.59. The van der Waals surface area contributed by atoms with Gasteiger partial charge in [0.25, 0.3) is 11.6 Å². The number of aromatic nitrogens is 1. The van der Waals surface area contributed by atoms with Gasteiger partial charge in [0.1, 0.15) is 5.69 Å². The number of carbonyl (C=O) groups excluding carboxylic acids is 1. The van der Waals surface area contributed by atoms with Gasteiger partial charge in [-0.05, 0) is 22.9 Å². The van der Waals surface area contributed by atoms with Gasteiger partial charge >= 0.3 is 0 Å². The van der Waals surface area contributed by atoms with E-state index in [1.54, 1.807) is 6.07 Å². The monoisotopic (exact) mass is 373 g/mol. The number of fused-ring (bicyclic) bond motifs is 1. The van der Waals surface area contributed by atoms with E-state index in [1.807, 2.05) is 42.5 Å². The van der Waals surface area contributed by atoms with Crippen molar-refractivity contribution in [3.05, 3.63) is 94.2 Å². The molecule has 1 heterocycles. The van der Waals surface area contributed by atoms with Crippen LogP contribution < -0.4 is 5.32 Å². The Balaban J connectivity index is 1.46. The van der Waals surface area contributed by atoms with E-state index in [4.69, 9.17) is 4.52 Å². The summed E-state index contributed by atoms with van der Waals surface area (Å²) in [7, 11) is 0. The zero-order chi connectivity index (χ0) is 19.5. The summed E-state index contributed by atoms with van der Waals surface area (Å²) in [5.41, 5.74) is 1.53. The predicted octanol–water partition coefficient (Wildman–Crippen LogP) is 4.33. The van der Waals surface area contributed by atoms with Gasteiger partial charge in [0, 0.05) is 29.3 Å². The fourth-order valence-electron chi connectivity index (χ4n) is 2.91. The van der Waals surface area contributed by atoms with E-state index in [2.05, 4.69) is 10.5 Å². The second-order valence-electron chi connectivity index (χ2n) is 6.23. The van der Waals surface area contributed by atoms with Crippen molar-refractivity contribution in [3.63, 3.8) is 0 Å². The molecule has 1 N–H and O–H groups in total. The number of amides is 1. The van der Waals surface area contributed by atoms with Crippen molar-refractivity contribution in [3.8, 4) is 11.3 Å². The molecule has 1 amide bonds. The Bertz CT molecular complexity index is 1180. The lowest BCUT2D eigenvalue weighted by Gasteiger charge is -2.02. The summed E-state index contributed by atoms with van der Waals surface area (Å²) in [6.07, 6.45) is 0. The molecule has 7 heteroatoms. The number of nitro groups is 1. The molecule has 0 saturated heterocycles. The van der Waals surface area contributed by atoms with Crippen molar-refractivity contribution in [1.82, 2.24) is 10.5 Å². The van der Waals surface area contributed by atoms with Crippen molar-refractivity contribution in [2.45, 2.75) is 6.54 Å². The lowest BCUT2D eigenvalue weighted by Crippen LogP contribution is -2.22. The first-order chi connectivity index (χ1) is 13.6. The molecule has 0 atom stereocenters. The van der Waals surface area contributed by atoms with Crippen molar-refractivity contribution in [2.24, 2.45) is 0 Å². The Morgan fingerprint density at radius 1 is 1.00 bits per heavy atom. The SMILES string of the molecule is O=C(NCc1cc(-c2ccc3ccccc3c2)on1)c1cccc([N+](=O)[O-])c1. The van der Waals surface area contributed by atoms with Crippen LogP contribution in [0, 0.1) is 10.1 Å². The van der Waals surface area contributed by atoms with Crippen LogP contribution >= 0.6 is 0 Å². The molecule has 7 nitrogen and oxygen atoms in total. The summed E-state index contributed by atoms with van der Waals surface area (Å²) >= 11 is 0. The van der Waals surface area contributed by atoms with Gasteiger partial charge < -0.3 is 9.84 Å². The molecule has 138 valence electrons. The largest absolute Gasteiger partial charge is 0.356 e. The lowest BCUT2D eigenvalue weighted by atomic mass is 10.1. The number of benzene rings is 3. The summed E-state index contributed by atoms with van der Waals surface area (Å²) in [6.45, 7) is 0.151. The molecule has 0 aliphatic rings. The van der Waals surface area contributed by atoms with Crippen LogP contribution in [0.15, 0.2) is 77.3 Å². The molecule has 0 fully saturated rings. The van der Waals surface area contributed by atoms with Crippen LogP contribution in [0.2, 0.25) is 0 Å². The van der Waals surface area contributed by atoms with Gasteiger partial charge in [0.15, 0.2) is 5.76 Å². The zero-order valence-corrected chi connectivity index (χ0v) is 14.7. The Labute approximate surface area is 159 Å². The van der Waals surface area contributed by atoms with Gasteiger partial charge in [-0.25, -0.2) is 0 Å². The quantitative estimate of drug-likeness (QED) is 0.415. The lowest BCUT2D eigenvalue weighted by molar-refractivity contribution is -0.384. The predicted molar refractivity (Wildman–Crippen MR) is 104 cm³/mol. The van der Waals surface area contributed by atoms with Crippen LogP contribution in [0.4, 0.5) is 5.69 Å². The van der Waals surface area contributed by atoms with Gasteiger partial charge in [0.05, 0.1) is 11.5 Å². The maximum absolute atomic E-state index is 12.2. The molecular weight excluding hydrogens is 358 g/mol. The molecule has 0 bridgehead atoms. The molecule has 28 heavy (non-hydrogen) atoms. The topological polar surface area (TPSA) is 98.3 Å². The van der Waals surface area contributed by atoms with Gasteiger partial charge in [-0.15, -0.1) is 0 Å². The number of hydrogen-bond acceptors (Lipinski definition) is 5. The minimum atomic E-state index is -0.537. The minimum absolute atomic E-state index is 0.132. The van der Waals surface area contributed by atoms with E-state index in [-0.39, 0.29) is 17.8 Å². The third-order valence-corrected chi connectivity index (χ3v) is 4.34. The van der Waals surface area contributed by atoms with Gasteiger partial charge in [-0.3, -0.25) is 14.9 Å². The van der Waals surface area contributed by atoms with E-state index >= 15 is 0 Å². The molecule has 0 aliphatic carbocycles. The third-order valence-electron chi connectivity index (χ3n) is 4.34. The van der Waals surface area contributed by atoms with E-state index < -0.39 is 10.8 Å². The first kappa shape index (κ1) is 17.4. The molecule has 4 aromatic rings. The molecule has 1 aromatic heterocycles. The van der Waals surface area contributed by atoms with Crippen LogP contribution in [0.3, 0.4) is 0 Å². The molecule has 0 aliphatic heterocycles. The fourth-order valence-corrected chi connectivity index (χ4v) is 2.91. The molecule has 0 unspecified atom stereocenters. The number of nitrogens with one attached hydrogen (secondary N) is 1. The Kier molecular flexibility index (Phi) is 4.55. The zero-order valence-electron chi connectivity index (χ0n) is 14.7. The van der Waals surface area contributed by atoms with Crippen LogP contribution in [0.25, 0.3) is 22.1 Å². The number of nitrogens with zero attached hydrogens (tertiary/aromatic N) is 2. The summed E-state index contributed by atoms with van der Waals surface area (Å²) in [6, 6.07) is 21.3. The number of rotatable bonds is 5. The average molecular weight is 373 g/mol. The van der Waals surface area contributed by atoms with Gasteiger partial charge in [0.2, 0.25) is 0 Å². The summed E-state index contributed by atoms with van der Waals surface area (Å²) < 4.78 is 5.40. The maximum Gasteiger partial charge on any atom is 0.270 e. The second kappa shape index (κ2) is 7.32. The van der Waals surface area contributed by atoms with E-state index in [1.165, 1.54) is 24.3 Å². The van der Waals surface area contributed by atoms with Crippen molar-refractivity contribution >= 4 is 22.4 Å². The van der Waals surface area contributed by atoms with Crippen molar-refractivity contribution in [1.29, 1.82) is 0 Å². The van der Waals surface area contributed by atoms with E-state index in [9.17, 15) is 14.9 Å². The molecule has 0 radical (unpaired) electrons. The summed E-state index contributed by atoms with van der Waals surface area (Å²) in [5, 5.41) is 19.7. The number of nitro benzene ring substituents is 1. The highest BCUT2D eigenvalue weighted by molar-refractivity contribution is 5.94. The minimum Gasteiger partial charge on any atom is -0.356 e. The van der Waals surface area contributed by atoms with Crippen LogP contribution in [-0.2, 0) is 6.54 Å². The number of hydrogen-bond donors (Lipinski definition) is 1. The standard InChI is InChI=1S/C21H15N3O4/c25-21(17-6-3-7-19(11-17)24(26)27)22-13-18-12-20(28-23-18)16-9-8-14-4-1-2-5-15(14)10-16/h1-12H,13H2,(H,22,25). The smallest absolute Gasteiger partial charge is 0.270 e. The molecule has 0 saturated carbocycles. The summed E-state index contributed by atoms with van der Waals surface area (Å²) in [4.78, 5) is 22.5. The highest BCUT2D eigenvalue weighted by atomic mass is 16.6. The summed E-state index contributed by atoms with van der Waals surface area (Å²) in [5.74, 6) is 0.185. The van der Waals surface area contributed by atoms with Crippen LogP contribution in [0.1, 0.15) is 16.1 Å². The maximum atomic E-state index is 12.2. The Morgan fingerprint density at radius 2 is 1.82 bits per heavy atom. The molecular formula is C21H15N3O4. The first-order valence-corrected chi connectivity index (χ1v) is 8.57. The molecule has 4 rings (SSSR count). The average Bonchev–Trinajstić information content (AvgIpc) is 3.21. The highest BCUT2D eigenvalue weighted by Crippen LogP contribution is 2.25. The first-order valence-electron chi connectivity index (χ1n) is 8.57. The fraction of sp³-hybridized carbons (Fsp3) is 0.0476. The Hall–Kier alpha value is -4.00. The normalized spacial score (nSPS) is 10.7. The van der Waals surface area contributed by atoms with Crippen molar-refractivity contribution in [2.75, 3.05) is 0 Å². The number of non-ortho nitro benzene ring substituents is 1. The number of carbonyl (C=O) groups is 1. The van der Waals surface area contributed by atoms with E-state index in [0.717, 1.165) is 16.3 Å². The molecule has 3 aromatic carbocycles. The van der Waals surface area contributed by atoms with Gasteiger partial charge in [-0.1, -0.05) is 47.6 Å². The van der Waals surface area contributed by atoms with Crippen LogP contribution in [-0.4, -0.2) is 16.0 Å². The van der Waals surface area contributed by atoms with E-state index in [0.29, 0.717) is 11.5 Å². The van der Waals surface area contributed by atoms with Gasteiger partial charge in [-0.2, -0.15) is 0 Å². The molecule has 0 spiro atoms. The highest BCUT2D eigenvalue weighted by Gasteiger charge is 2.13. The second-order valence-corrected chi connectivity index (χ2v) is 6.23. The van der Waals surface area contributed by atoms with Crippen LogP contribution in [0.5, 0.6) is 0 Å². The van der Waals surface area contributed by atoms with Crippen molar-refractivity contribution < 1.29 is 14.2 Å².